The van der Waals surface area contributed by atoms with Gasteiger partial charge in [-0.05, 0) is 76.3 Å². The molecule has 0 bridgehead atoms. The Hall–Kier alpha value is -2.63. The lowest BCUT2D eigenvalue weighted by atomic mass is 9.78. The topological polar surface area (TPSA) is 84.2 Å². The Bertz CT molecular complexity index is 833. The SMILES string of the molecule is Cc1nn(-c2ccc(C(=O)NC3(C)CCC3)cc2)c(C)c1CCC(=O)O. The molecule has 0 spiro atoms. The van der Waals surface area contributed by atoms with Gasteiger partial charge in [0.05, 0.1) is 11.4 Å². The van der Waals surface area contributed by atoms with E-state index in [1.165, 1.54) is 0 Å². The van der Waals surface area contributed by atoms with Crippen LogP contribution in [0.2, 0.25) is 0 Å². The Kier molecular flexibility index (Phi) is 4.85. The van der Waals surface area contributed by atoms with E-state index >= 15 is 0 Å². The van der Waals surface area contributed by atoms with Crippen LogP contribution in [0, 0.1) is 13.8 Å². The molecule has 26 heavy (non-hydrogen) atoms. The van der Waals surface area contributed by atoms with Crippen molar-refractivity contribution in [2.75, 3.05) is 0 Å². The minimum absolute atomic E-state index is 0.0470. The number of benzene rings is 1. The lowest BCUT2D eigenvalue weighted by molar-refractivity contribution is -0.136. The first-order valence-electron chi connectivity index (χ1n) is 8.99. The van der Waals surface area contributed by atoms with Crippen molar-refractivity contribution in [3.05, 3.63) is 46.8 Å². The molecule has 0 unspecified atom stereocenters. The molecule has 2 aromatic rings. The monoisotopic (exact) mass is 355 g/mol. The maximum Gasteiger partial charge on any atom is 0.303 e. The third-order valence-corrected chi connectivity index (χ3v) is 5.28. The molecular weight excluding hydrogens is 330 g/mol. The van der Waals surface area contributed by atoms with Crippen molar-refractivity contribution >= 4 is 11.9 Å². The van der Waals surface area contributed by atoms with Crippen LogP contribution in [0.4, 0.5) is 0 Å². The molecule has 0 aliphatic heterocycles. The molecule has 0 radical (unpaired) electrons. The molecule has 1 heterocycles. The maximum atomic E-state index is 12.4. The van der Waals surface area contributed by atoms with Gasteiger partial charge in [-0.15, -0.1) is 0 Å². The molecule has 138 valence electrons. The Morgan fingerprint density at radius 1 is 1.23 bits per heavy atom. The van der Waals surface area contributed by atoms with E-state index in [4.69, 9.17) is 5.11 Å². The van der Waals surface area contributed by atoms with Crippen molar-refractivity contribution < 1.29 is 14.7 Å². The van der Waals surface area contributed by atoms with Gasteiger partial charge in [-0.25, -0.2) is 4.68 Å². The van der Waals surface area contributed by atoms with Crippen molar-refractivity contribution in [1.29, 1.82) is 0 Å². The molecule has 6 nitrogen and oxygen atoms in total. The Labute approximate surface area is 153 Å². The van der Waals surface area contributed by atoms with Crippen LogP contribution in [-0.2, 0) is 11.2 Å². The van der Waals surface area contributed by atoms with Crippen LogP contribution in [-0.4, -0.2) is 32.3 Å². The summed E-state index contributed by atoms with van der Waals surface area (Å²) in [6.07, 6.45) is 3.78. The summed E-state index contributed by atoms with van der Waals surface area (Å²) in [6, 6.07) is 7.36. The Morgan fingerprint density at radius 2 is 1.88 bits per heavy atom. The number of aryl methyl sites for hydroxylation is 1. The highest BCUT2D eigenvalue weighted by Crippen LogP contribution is 2.31. The standard InChI is InChI=1S/C20H25N3O3/c1-13-17(9-10-18(24)25)14(2)23(22-13)16-7-5-15(6-8-16)19(26)21-20(3)11-4-12-20/h5-8H,4,9-12H2,1-3H3,(H,21,26)(H,24,25). The van der Waals surface area contributed by atoms with Gasteiger partial charge in [0.15, 0.2) is 0 Å². The highest BCUT2D eigenvalue weighted by Gasteiger charge is 2.33. The lowest BCUT2D eigenvalue weighted by Gasteiger charge is -2.39. The van der Waals surface area contributed by atoms with Crippen molar-refractivity contribution in [3.63, 3.8) is 0 Å². The quantitative estimate of drug-likeness (QED) is 0.833. The number of nitrogens with one attached hydrogen (secondary N) is 1. The number of hydrogen-bond donors (Lipinski definition) is 2. The van der Waals surface area contributed by atoms with Crippen molar-refractivity contribution in [3.8, 4) is 5.69 Å². The first-order valence-corrected chi connectivity index (χ1v) is 8.99. The van der Waals surface area contributed by atoms with E-state index < -0.39 is 5.97 Å². The summed E-state index contributed by atoms with van der Waals surface area (Å²) in [5, 5.41) is 16.5. The minimum atomic E-state index is -0.813. The molecule has 1 amide bonds. The number of hydrogen-bond acceptors (Lipinski definition) is 3. The average Bonchev–Trinajstić information content (AvgIpc) is 2.86. The maximum absolute atomic E-state index is 12.4. The van der Waals surface area contributed by atoms with Gasteiger partial charge in [-0.2, -0.15) is 5.10 Å². The molecule has 2 N–H and O–H groups in total. The van der Waals surface area contributed by atoms with Gasteiger partial charge >= 0.3 is 5.97 Å². The zero-order chi connectivity index (χ0) is 18.9. The van der Waals surface area contributed by atoms with E-state index in [0.29, 0.717) is 12.0 Å². The predicted octanol–water partition coefficient (Wildman–Crippen LogP) is 3.18. The highest BCUT2D eigenvalue weighted by molar-refractivity contribution is 5.94. The molecule has 1 saturated carbocycles. The second-order valence-electron chi connectivity index (χ2n) is 7.37. The largest absolute Gasteiger partial charge is 0.481 e. The van der Waals surface area contributed by atoms with Crippen LogP contribution in [0.3, 0.4) is 0 Å². The molecule has 1 aliphatic rings. The van der Waals surface area contributed by atoms with E-state index in [0.717, 1.165) is 41.9 Å². The summed E-state index contributed by atoms with van der Waals surface area (Å²) < 4.78 is 1.81. The molecule has 3 rings (SSSR count). The van der Waals surface area contributed by atoms with Crippen LogP contribution in [0.5, 0.6) is 0 Å². The zero-order valence-electron chi connectivity index (χ0n) is 15.5. The minimum Gasteiger partial charge on any atom is -0.481 e. The third-order valence-electron chi connectivity index (χ3n) is 5.28. The molecule has 0 atom stereocenters. The van der Waals surface area contributed by atoms with Gasteiger partial charge in [-0.3, -0.25) is 9.59 Å². The smallest absolute Gasteiger partial charge is 0.303 e. The first-order chi connectivity index (χ1) is 12.3. The first kappa shape index (κ1) is 18.2. The Morgan fingerprint density at radius 3 is 2.42 bits per heavy atom. The van der Waals surface area contributed by atoms with Crippen LogP contribution >= 0.6 is 0 Å². The third kappa shape index (κ3) is 3.64. The van der Waals surface area contributed by atoms with Crippen LogP contribution < -0.4 is 5.32 Å². The fraction of sp³-hybridized carbons (Fsp3) is 0.450. The van der Waals surface area contributed by atoms with Crippen LogP contribution in [0.15, 0.2) is 24.3 Å². The molecule has 1 aromatic heterocycles. The van der Waals surface area contributed by atoms with Gasteiger partial charge in [0.1, 0.15) is 0 Å². The zero-order valence-corrected chi connectivity index (χ0v) is 15.5. The van der Waals surface area contributed by atoms with E-state index in [-0.39, 0.29) is 17.9 Å². The summed E-state index contributed by atoms with van der Waals surface area (Å²) in [6.45, 7) is 5.91. The van der Waals surface area contributed by atoms with Gasteiger partial charge in [0, 0.05) is 23.2 Å². The normalized spacial score (nSPS) is 15.3. The number of rotatable bonds is 6. The van der Waals surface area contributed by atoms with Crippen LogP contribution in [0.25, 0.3) is 5.69 Å². The molecule has 6 heteroatoms. The fourth-order valence-corrected chi connectivity index (χ4v) is 3.45. The van der Waals surface area contributed by atoms with Crippen molar-refractivity contribution in [1.82, 2.24) is 15.1 Å². The molecule has 1 aliphatic carbocycles. The van der Waals surface area contributed by atoms with Crippen molar-refractivity contribution in [2.45, 2.75) is 58.4 Å². The second kappa shape index (κ2) is 6.94. The van der Waals surface area contributed by atoms with E-state index in [1.807, 2.05) is 26.0 Å². The second-order valence-corrected chi connectivity index (χ2v) is 7.37. The van der Waals surface area contributed by atoms with E-state index in [2.05, 4.69) is 17.3 Å². The van der Waals surface area contributed by atoms with Gasteiger partial charge in [-0.1, -0.05) is 0 Å². The lowest BCUT2D eigenvalue weighted by Crippen LogP contribution is -2.50. The number of carboxylic acids is 1. The summed E-state index contributed by atoms with van der Waals surface area (Å²) in [7, 11) is 0. The molecule has 1 aromatic carbocycles. The number of carboxylic acid groups (broad SMARTS) is 1. The number of aliphatic carboxylic acids is 1. The van der Waals surface area contributed by atoms with E-state index in [1.54, 1.807) is 16.8 Å². The summed E-state index contributed by atoms with van der Waals surface area (Å²) in [4.78, 5) is 23.2. The summed E-state index contributed by atoms with van der Waals surface area (Å²) in [5.41, 5.74) is 4.16. The fourth-order valence-electron chi connectivity index (χ4n) is 3.45. The van der Waals surface area contributed by atoms with Gasteiger partial charge < -0.3 is 10.4 Å². The Balaban J connectivity index is 1.77. The highest BCUT2D eigenvalue weighted by atomic mass is 16.4. The number of amides is 1. The van der Waals surface area contributed by atoms with Crippen LogP contribution in [0.1, 0.15) is 59.9 Å². The van der Waals surface area contributed by atoms with Gasteiger partial charge in [0.2, 0.25) is 0 Å². The molecule has 1 fully saturated rings. The summed E-state index contributed by atoms with van der Waals surface area (Å²) >= 11 is 0. The molecule has 0 saturated heterocycles. The van der Waals surface area contributed by atoms with E-state index in [9.17, 15) is 9.59 Å². The summed E-state index contributed by atoms with van der Waals surface area (Å²) in [5.74, 6) is -0.860. The molecular formula is C20H25N3O3. The van der Waals surface area contributed by atoms with Crippen molar-refractivity contribution in [2.24, 2.45) is 0 Å². The average molecular weight is 355 g/mol. The number of carbonyl (C=O) groups excluding carboxylic acids is 1. The van der Waals surface area contributed by atoms with Gasteiger partial charge in [0.25, 0.3) is 5.91 Å². The predicted molar refractivity (Wildman–Crippen MR) is 98.7 cm³/mol. The number of aromatic nitrogens is 2. The number of carbonyl (C=O) groups is 2. The number of nitrogens with zero attached hydrogens (tertiary/aromatic N) is 2.